The maximum atomic E-state index is 11.6. The number of hydrogen-bond donors (Lipinski definition) is 0. The summed E-state index contributed by atoms with van der Waals surface area (Å²) < 4.78 is 13.7. The van der Waals surface area contributed by atoms with Gasteiger partial charge in [0, 0.05) is 18.9 Å². The van der Waals surface area contributed by atoms with Gasteiger partial charge in [0.15, 0.2) is 0 Å². The fraction of sp³-hybridized carbons (Fsp3) is 0.500. The van der Waals surface area contributed by atoms with Crippen molar-refractivity contribution in [2.75, 3.05) is 6.67 Å². The van der Waals surface area contributed by atoms with E-state index in [1.165, 1.54) is 0 Å². The molecule has 0 atom stereocenters. The predicted octanol–water partition coefficient (Wildman–Crippen LogP) is 2.24. The fourth-order valence-corrected chi connectivity index (χ4v) is 0.908. The zero-order chi connectivity index (χ0) is 7.23. The Morgan fingerprint density at radius 2 is 1.80 bits per heavy atom. The summed E-state index contributed by atoms with van der Waals surface area (Å²) in [5.41, 5.74) is 0. The van der Waals surface area contributed by atoms with Crippen LogP contribution >= 0.6 is 0 Å². The summed E-state index contributed by atoms with van der Waals surface area (Å²) in [4.78, 5) is 0. The van der Waals surface area contributed by atoms with Gasteiger partial charge in [-0.3, -0.25) is 4.39 Å². The minimum Gasteiger partial charge on any atom is -0.354 e. The van der Waals surface area contributed by atoms with Crippen LogP contribution in [-0.2, 0) is 6.54 Å². The van der Waals surface area contributed by atoms with Crippen LogP contribution in [0, 0.1) is 0 Å². The highest BCUT2D eigenvalue weighted by molar-refractivity contribution is 4.89. The van der Waals surface area contributed by atoms with E-state index in [1.54, 1.807) is 0 Å². The summed E-state index contributed by atoms with van der Waals surface area (Å²) in [6.07, 6.45) is 5.61. The van der Waals surface area contributed by atoms with E-state index in [0.717, 1.165) is 13.0 Å². The van der Waals surface area contributed by atoms with Crippen molar-refractivity contribution in [2.45, 2.75) is 19.4 Å². The molecular weight excluding hydrogens is 129 g/mol. The molecule has 10 heavy (non-hydrogen) atoms. The molecule has 0 unspecified atom stereocenters. The zero-order valence-electron chi connectivity index (χ0n) is 5.96. The Hall–Kier alpha value is -0.790. The summed E-state index contributed by atoms with van der Waals surface area (Å²) in [7, 11) is 0. The zero-order valence-corrected chi connectivity index (χ0v) is 5.96. The highest BCUT2D eigenvalue weighted by Gasteiger charge is 1.87. The molecule has 0 radical (unpaired) electrons. The Kier molecular flexibility index (Phi) is 3.00. The van der Waals surface area contributed by atoms with Crippen LogP contribution in [0.15, 0.2) is 24.5 Å². The second-order valence-electron chi connectivity index (χ2n) is 2.32. The van der Waals surface area contributed by atoms with Crippen molar-refractivity contribution in [3.63, 3.8) is 0 Å². The van der Waals surface area contributed by atoms with Crippen LogP contribution in [0.2, 0.25) is 0 Å². The van der Waals surface area contributed by atoms with Crippen LogP contribution in [0.1, 0.15) is 12.8 Å². The first-order valence-corrected chi connectivity index (χ1v) is 3.60. The minimum atomic E-state index is -0.193. The van der Waals surface area contributed by atoms with Crippen LogP contribution in [0.25, 0.3) is 0 Å². The number of unbranched alkanes of at least 4 members (excludes halogenated alkanes) is 1. The fourth-order valence-electron chi connectivity index (χ4n) is 0.908. The van der Waals surface area contributed by atoms with Crippen molar-refractivity contribution < 1.29 is 4.39 Å². The minimum absolute atomic E-state index is 0.193. The maximum absolute atomic E-state index is 11.6. The summed E-state index contributed by atoms with van der Waals surface area (Å²) in [6.45, 7) is 0.748. The first-order valence-electron chi connectivity index (χ1n) is 3.60. The van der Waals surface area contributed by atoms with Gasteiger partial charge in [0.25, 0.3) is 0 Å². The average Bonchev–Trinajstić information content (AvgIpc) is 2.41. The molecule has 0 aliphatic rings. The molecule has 0 aromatic carbocycles. The van der Waals surface area contributed by atoms with Crippen LogP contribution in [0.3, 0.4) is 0 Å². The highest BCUT2D eigenvalue weighted by Crippen LogP contribution is 1.96. The molecular formula is C8H12FN. The number of aryl methyl sites for hydroxylation is 1. The quantitative estimate of drug-likeness (QED) is 0.567. The van der Waals surface area contributed by atoms with Gasteiger partial charge in [-0.05, 0) is 25.0 Å². The summed E-state index contributed by atoms with van der Waals surface area (Å²) in [5, 5.41) is 0. The number of hydrogen-bond acceptors (Lipinski definition) is 0. The van der Waals surface area contributed by atoms with E-state index in [0.29, 0.717) is 6.42 Å². The summed E-state index contributed by atoms with van der Waals surface area (Å²) in [6, 6.07) is 3.96. The van der Waals surface area contributed by atoms with Gasteiger partial charge in [-0.2, -0.15) is 0 Å². The lowest BCUT2D eigenvalue weighted by Crippen LogP contribution is -1.93. The third-order valence-corrected chi connectivity index (χ3v) is 1.47. The number of alkyl halides is 1. The van der Waals surface area contributed by atoms with Crippen molar-refractivity contribution in [3.05, 3.63) is 24.5 Å². The van der Waals surface area contributed by atoms with Crippen molar-refractivity contribution in [1.82, 2.24) is 4.57 Å². The smallest absolute Gasteiger partial charge is 0.0895 e. The van der Waals surface area contributed by atoms with Gasteiger partial charge in [-0.15, -0.1) is 0 Å². The van der Waals surface area contributed by atoms with Gasteiger partial charge >= 0.3 is 0 Å². The predicted molar refractivity (Wildman–Crippen MR) is 39.6 cm³/mol. The highest BCUT2D eigenvalue weighted by atomic mass is 19.1. The number of halogens is 1. The average molecular weight is 141 g/mol. The Bertz CT molecular complexity index is 158. The topological polar surface area (TPSA) is 4.93 Å². The standard InChI is InChI=1S/C8H12FN/c9-5-1-2-6-10-7-3-4-8-10/h3-4,7-8H,1-2,5-6H2. The molecule has 0 aliphatic heterocycles. The van der Waals surface area contributed by atoms with Crippen molar-refractivity contribution in [3.8, 4) is 0 Å². The molecule has 1 aromatic rings. The molecule has 0 saturated carbocycles. The first kappa shape index (κ1) is 7.32. The Morgan fingerprint density at radius 3 is 2.40 bits per heavy atom. The molecule has 56 valence electrons. The molecule has 1 rings (SSSR count). The Morgan fingerprint density at radius 1 is 1.10 bits per heavy atom. The van der Waals surface area contributed by atoms with Gasteiger partial charge in [-0.25, -0.2) is 0 Å². The monoisotopic (exact) mass is 141 g/mol. The van der Waals surface area contributed by atoms with Gasteiger partial charge in [0.1, 0.15) is 0 Å². The molecule has 0 spiro atoms. The van der Waals surface area contributed by atoms with Gasteiger partial charge in [-0.1, -0.05) is 0 Å². The van der Waals surface area contributed by atoms with E-state index in [9.17, 15) is 4.39 Å². The molecule has 0 N–H and O–H groups in total. The third kappa shape index (κ3) is 2.21. The van der Waals surface area contributed by atoms with Crippen molar-refractivity contribution in [2.24, 2.45) is 0 Å². The molecule has 1 heterocycles. The first-order chi connectivity index (χ1) is 4.93. The van der Waals surface area contributed by atoms with E-state index in [2.05, 4.69) is 4.57 Å². The van der Waals surface area contributed by atoms with E-state index in [4.69, 9.17) is 0 Å². The molecule has 1 nitrogen and oxygen atoms in total. The SMILES string of the molecule is FCCCCn1cccc1. The van der Waals surface area contributed by atoms with E-state index in [-0.39, 0.29) is 6.67 Å². The molecule has 0 amide bonds. The summed E-state index contributed by atoms with van der Waals surface area (Å²) >= 11 is 0. The summed E-state index contributed by atoms with van der Waals surface area (Å²) in [5.74, 6) is 0. The van der Waals surface area contributed by atoms with E-state index >= 15 is 0 Å². The second-order valence-corrected chi connectivity index (χ2v) is 2.32. The number of rotatable bonds is 4. The molecule has 0 saturated heterocycles. The van der Waals surface area contributed by atoms with Gasteiger partial charge < -0.3 is 4.57 Å². The number of nitrogens with zero attached hydrogens (tertiary/aromatic N) is 1. The normalized spacial score (nSPS) is 10.1. The maximum Gasteiger partial charge on any atom is 0.0895 e. The van der Waals surface area contributed by atoms with Crippen LogP contribution in [-0.4, -0.2) is 11.2 Å². The molecule has 1 aromatic heterocycles. The van der Waals surface area contributed by atoms with Gasteiger partial charge in [0.2, 0.25) is 0 Å². The van der Waals surface area contributed by atoms with Crippen molar-refractivity contribution >= 4 is 0 Å². The molecule has 0 aliphatic carbocycles. The number of aromatic nitrogens is 1. The molecule has 0 bridgehead atoms. The van der Waals surface area contributed by atoms with Crippen molar-refractivity contribution in [1.29, 1.82) is 0 Å². The third-order valence-electron chi connectivity index (χ3n) is 1.47. The van der Waals surface area contributed by atoms with Gasteiger partial charge in [0.05, 0.1) is 6.67 Å². The van der Waals surface area contributed by atoms with E-state index in [1.807, 2.05) is 24.5 Å². The Labute approximate surface area is 60.5 Å². The van der Waals surface area contributed by atoms with E-state index < -0.39 is 0 Å². The second kappa shape index (κ2) is 4.09. The Balaban J connectivity index is 2.15. The van der Waals surface area contributed by atoms with Crippen LogP contribution in [0.4, 0.5) is 4.39 Å². The van der Waals surface area contributed by atoms with Crippen LogP contribution < -0.4 is 0 Å². The lowest BCUT2D eigenvalue weighted by atomic mass is 10.3. The molecule has 0 fully saturated rings. The largest absolute Gasteiger partial charge is 0.354 e. The lowest BCUT2D eigenvalue weighted by molar-refractivity contribution is 0.448. The van der Waals surface area contributed by atoms with Crippen LogP contribution in [0.5, 0.6) is 0 Å². The molecule has 2 heteroatoms. The lowest BCUT2D eigenvalue weighted by Gasteiger charge is -1.98.